The lowest BCUT2D eigenvalue weighted by atomic mass is 9.73. The van der Waals surface area contributed by atoms with Gasteiger partial charge in [0.1, 0.15) is 28.7 Å². The van der Waals surface area contributed by atoms with Crippen LogP contribution in [-0.2, 0) is 21.4 Å². The molecule has 0 aliphatic rings. The molecule has 0 fully saturated rings. The number of aliphatic hydroxyl groups is 2. The zero-order valence-electron chi connectivity index (χ0n) is 41.0. The largest absolute Gasteiger partial charge is 0.478 e. The molecule has 0 atom stereocenters. The molecule has 0 heterocycles. The summed E-state index contributed by atoms with van der Waals surface area (Å²) in [5.41, 5.74) is -31.7. The molecule has 0 saturated carbocycles. The molecule has 0 spiro atoms. The Kier molecular flexibility index (Phi) is 16.9. The Morgan fingerprint density at radius 1 is 0.458 bits per heavy atom. The molecule has 0 aromatic heterocycles. The lowest BCUT2D eigenvalue weighted by Gasteiger charge is -2.38. The highest BCUT2D eigenvalue weighted by Crippen LogP contribution is 2.57. The van der Waals surface area contributed by atoms with Gasteiger partial charge in [-0.3, -0.25) is 19.2 Å². The lowest BCUT2D eigenvalue weighted by molar-refractivity contribution is -0.376. The van der Waals surface area contributed by atoms with Gasteiger partial charge in [0.2, 0.25) is 5.41 Å². The van der Waals surface area contributed by atoms with Gasteiger partial charge in [0.25, 0.3) is 23.6 Å². The summed E-state index contributed by atoms with van der Waals surface area (Å²) in [6.07, 6.45) is -39.2. The third kappa shape index (κ3) is 11.9. The van der Waals surface area contributed by atoms with E-state index in [2.05, 4.69) is 0 Å². The van der Waals surface area contributed by atoms with Crippen molar-refractivity contribution in [3.8, 4) is 28.7 Å². The van der Waals surface area contributed by atoms with Gasteiger partial charge in [0.15, 0.2) is 11.6 Å². The average Bonchev–Trinajstić information content (AvgIpc) is 1.06. The molecule has 6 aromatic carbocycles. The fraction of sp³-hybridized carbons (Fsp3) is 0.212. The second-order valence-electron chi connectivity index (χ2n) is 17.5. The summed E-state index contributed by atoms with van der Waals surface area (Å²) in [6, 6.07) is 8.82. The Balaban J connectivity index is 1.39. The van der Waals surface area contributed by atoms with E-state index >= 15 is 26.3 Å². The molecule has 0 bridgehead atoms. The molecule has 1 amide bonds. The number of benzene rings is 6. The number of Topliss-reactive ketones (excluding diaryl/α,β-unsaturated/α-hetero) is 1. The predicted molar refractivity (Wildman–Crippen MR) is 248 cm³/mol. The SMILES string of the molecule is CNc1cc(C(=O)c2cc(NC(=O)c3cc(Oc4ccc(C(c5ccc(Oc6ccc(OC=O)c(C(C)=O)c6)cc5)(C(F)(F)F)C(F)(F)F)cc4)ccc3C(=O)O)cc(C(O)(C(F)(F)F)C(F)(F)F)c2)cc(C(O)(C(F)(F)F)C(F)(F)F)c1. The second kappa shape index (κ2) is 22.1. The molecule has 0 unspecified atom stereocenters. The van der Waals surface area contributed by atoms with Crippen molar-refractivity contribution >= 4 is 41.3 Å². The Morgan fingerprint density at radius 2 is 0.843 bits per heavy atom. The van der Waals surface area contributed by atoms with Crippen molar-refractivity contribution < 1.29 is 133 Å². The highest BCUT2D eigenvalue weighted by atomic mass is 19.4. The number of carbonyl (C=O) groups excluding carboxylic acids is 4. The van der Waals surface area contributed by atoms with Gasteiger partial charge in [-0.05, 0) is 115 Å². The topological polar surface area (TPSA) is 198 Å². The van der Waals surface area contributed by atoms with Crippen molar-refractivity contribution in [2.24, 2.45) is 0 Å². The zero-order valence-corrected chi connectivity index (χ0v) is 41.0. The van der Waals surface area contributed by atoms with Crippen molar-refractivity contribution in [2.45, 2.75) is 60.6 Å². The molecule has 0 aliphatic heterocycles. The number of anilines is 2. The van der Waals surface area contributed by atoms with Crippen LogP contribution in [0.1, 0.15) is 76.2 Å². The number of ether oxygens (including phenoxy) is 3. The van der Waals surface area contributed by atoms with Crippen LogP contribution >= 0.6 is 0 Å². The first-order chi connectivity index (χ1) is 38.1. The third-order valence-electron chi connectivity index (χ3n) is 12.3. The monoisotopic (exact) mass is 1200 g/mol. The summed E-state index contributed by atoms with van der Waals surface area (Å²) in [5.74, 6) is -8.61. The van der Waals surface area contributed by atoms with Gasteiger partial charge in [-0.2, -0.15) is 79.0 Å². The number of alkyl halides is 18. The van der Waals surface area contributed by atoms with E-state index in [0.29, 0.717) is 54.6 Å². The normalized spacial score (nSPS) is 13.0. The molecule has 31 heteroatoms. The molecule has 83 heavy (non-hydrogen) atoms. The molecule has 6 rings (SSSR count). The van der Waals surface area contributed by atoms with E-state index < -0.39 is 144 Å². The number of amides is 1. The fourth-order valence-electron chi connectivity index (χ4n) is 8.26. The van der Waals surface area contributed by atoms with Gasteiger partial charge in [0, 0.05) is 40.7 Å². The van der Waals surface area contributed by atoms with E-state index in [-0.39, 0.29) is 59.6 Å². The van der Waals surface area contributed by atoms with E-state index in [0.717, 1.165) is 50.4 Å². The molecule has 0 saturated heterocycles. The van der Waals surface area contributed by atoms with Gasteiger partial charge in [-0.15, -0.1) is 0 Å². The summed E-state index contributed by atoms with van der Waals surface area (Å²) >= 11 is 0. The second-order valence-corrected chi connectivity index (χ2v) is 17.5. The summed E-state index contributed by atoms with van der Waals surface area (Å²) in [7, 11) is 0.851. The minimum Gasteiger partial charge on any atom is -0.478 e. The standard InChI is InChI=1S/C52H32F18N2O11/c1-24(74)38-21-36(12-14-40(38)81-23-73)83-34-9-5-28(6-10-34)44(47(53,54)55,48(56,57)58)27-3-7-33(8-4-27)82-35-11-13-37(43(77)78)39(22-35)42(76)72-32-18-26(16-30(20-32)46(80,51(65,66)67)52(68,69)70)41(75)25-15-29(19-31(17-25)71-2)45(79,49(59,60)61)50(62,63)64/h3-23,71,79-80H,1-2H3,(H,72,76)(H,77,78). The van der Waals surface area contributed by atoms with Crippen LogP contribution < -0.4 is 24.8 Å². The van der Waals surface area contributed by atoms with Crippen LogP contribution in [0.15, 0.2) is 121 Å². The highest BCUT2D eigenvalue weighted by Gasteiger charge is 2.74. The summed E-state index contributed by atoms with van der Waals surface area (Å²) in [4.78, 5) is 62.8. The fourth-order valence-corrected chi connectivity index (χ4v) is 8.26. The maximum Gasteiger partial charge on any atom is 0.430 e. The first-order valence-electron chi connectivity index (χ1n) is 22.5. The van der Waals surface area contributed by atoms with Crippen molar-refractivity contribution in [3.05, 3.63) is 171 Å². The number of carboxylic acid groups (broad SMARTS) is 1. The molecular weight excluding hydrogens is 1170 g/mol. The maximum absolute atomic E-state index is 15.1. The molecule has 0 aliphatic carbocycles. The van der Waals surface area contributed by atoms with Crippen LogP contribution in [0.25, 0.3) is 0 Å². The average molecular weight is 1200 g/mol. The summed E-state index contributed by atoms with van der Waals surface area (Å²) in [5, 5.41) is 33.9. The van der Waals surface area contributed by atoms with Crippen LogP contribution in [0, 0.1) is 0 Å². The molecule has 13 nitrogen and oxygen atoms in total. The number of ketones is 2. The molecule has 6 aromatic rings. The molecular formula is C52H32F18N2O11. The molecule has 5 N–H and O–H groups in total. The first kappa shape index (κ1) is 63.3. The Labute approximate surface area is 451 Å². The quantitative estimate of drug-likeness (QED) is 0.0330. The smallest absolute Gasteiger partial charge is 0.430 e. The minimum absolute atomic E-state index is 0.00897. The van der Waals surface area contributed by atoms with E-state index in [1.54, 1.807) is 5.32 Å². The highest BCUT2D eigenvalue weighted by molar-refractivity contribution is 6.13. The van der Waals surface area contributed by atoms with Crippen LogP contribution in [0.3, 0.4) is 0 Å². The van der Waals surface area contributed by atoms with Crippen LogP contribution in [0.2, 0.25) is 0 Å². The zero-order chi connectivity index (χ0) is 62.4. The number of halogens is 18. The number of nitrogens with one attached hydrogen (secondary N) is 2. The number of carboxylic acids is 1. The predicted octanol–water partition coefficient (Wildman–Crippen LogP) is 13.3. The number of aromatic carboxylic acids is 1. The summed E-state index contributed by atoms with van der Waals surface area (Å²) < 4.78 is 275. The van der Waals surface area contributed by atoms with Crippen molar-refractivity contribution in [1.29, 1.82) is 0 Å². The van der Waals surface area contributed by atoms with E-state index in [1.165, 1.54) is 0 Å². The van der Waals surface area contributed by atoms with Crippen molar-refractivity contribution in [1.82, 2.24) is 0 Å². The molecule has 0 radical (unpaired) electrons. The van der Waals surface area contributed by atoms with Gasteiger partial charge in [-0.1, -0.05) is 24.3 Å². The Morgan fingerprint density at radius 3 is 1.22 bits per heavy atom. The van der Waals surface area contributed by atoms with E-state index in [9.17, 15) is 92.0 Å². The van der Waals surface area contributed by atoms with Crippen LogP contribution in [0.4, 0.5) is 90.4 Å². The van der Waals surface area contributed by atoms with Gasteiger partial charge in [0.05, 0.1) is 16.7 Å². The van der Waals surface area contributed by atoms with Gasteiger partial charge >= 0.3 is 43.0 Å². The third-order valence-corrected chi connectivity index (χ3v) is 12.3. The molecule has 442 valence electrons. The van der Waals surface area contributed by atoms with Gasteiger partial charge in [-0.25, -0.2) is 4.79 Å². The van der Waals surface area contributed by atoms with Crippen molar-refractivity contribution in [3.63, 3.8) is 0 Å². The van der Waals surface area contributed by atoms with E-state index in [1.807, 2.05) is 5.32 Å². The van der Waals surface area contributed by atoms with Crippen molar-refractivity contribution in [2.75, 3.05) is 17.7 Å². The number of rotatable bonds is 17. The van der Waals surface area contributed by atoms with Crippen LogP contribution in [-0.4, -0.2) is 89.3 Å². The minimum atomic E-state index is -6.79. The Bertz CT molecular complexity index is 3440. The number of hydrogen-bond acceptors (Lipinski definition) is 11. The number of carbonyl (C=O) groups is 5. The lowest BCUT2D eigenvalue weighted by Crippen LogP contribution is -2.54. The Hall–Kier alpha value is -8.87. The van der Waals surface area contributed by atoms with E-state index in [4.69, 9.17) is 14.2 Å². The van der Waals surface area contributed by atoms with Crippen LogP contribution in [0.5, 0.6) is 28.7 Å². The first-order valence-corrected chi connectivity index (χ1v) is 22.5. The number of hydrogen-bond donors (Lipinski definition) is 5. The summed E-state index contributed by atoms with van der Waals surface area (Å²) in [6.45, 7) is 1.09. The maximum atomic E-state index is 15.1. The van der Waals surface area contributed by atoms with Gasteiger partial charge < -0.3 is 40.2 Å².